The second kappa shape index (κ2) is 4.25. The van der Waals surface area contributed by atoms with Gasteiger partial charge in [0.1, 0.15) is 5.52 Å². The maximum absolute atomic E-state index is 6.18. The molecule has 1 fully saturated rings. The fourth-order valence-electron chi connectivity index (χ4n) is 3.56. The Hall–Kier alpha value is -1.52. The normalized spacial score (nSPS) is 28.1. The highest BCUT2D eigenvalue weighted by atomic mass is 15.4. The van der Waals surface area contributed by atoms with E-state index in [2.05, 4.69) is 28.5 Å². The van der Waals surface area contributed by atoms with E-state index in [0.29, 0.717) is 17.9 Å². The van der Waals surface area contributed by atoms with Gasteiger partial charge in [-0.15, -0.1) is 0 Å². The summed E-state index contributed by atoms with van der Waals surface area (Å²) in [4.78, 5) is 4.53. The number of nitrogen functional groups attached to an aromatic ring is 1. The molecule has 1 aliphatic carbocycles. The first-order valence-electron chi connectivity index (χ1n) is 7.17. The number of imidazole rings is 1. The average Bonchev–Trinajstić information content (AvgIpc) is 2.82. The molecule has 3 atom stereocenters. The van der Waals surface area contributed by atoms with Gasteiger partial charge in [-0.25, -0.2) is 4.98 Å². The second-order valence-electron chi connectivity index (χ2n) is 6.06. The zero-order valence-electron chi connectivity index (χ0n) is 12.2. The molecule has 0 amide bonds. The summed E-state index contributed by atoms with van der Waals surface area (Å²) in [6, 6.07) is 0.448. The van der Waals surface area contributed by atoms with Gasteiger partial charge in [-0.05, 0) is 25.2 Å². The van der Waals surface area contributed by atoms with Crippen LogP contribution in [0.5, 0.6) is 0 Å². The van der Waals surface area contributed by atoms with Crippen LogP contribution in [0, 0.1) is 18.8 Å². The van der Waals surface area contributed by atoms with Crippen molar-refractivity contribution in [2.45, 2.75) is 46.1 Å². The van der Waals surface area contributed by atoms with Crippen molar-refractivity contribution in [3.8, 4) is 0 Å². The number of aromatic nitrogens is 4. The number of rotatable bonds is 1. The third kappa shape index (κ3) is 1.75. The minimum absolute atomic E-state index is 0.448. The Bertz CT molecular complexity index is 609. The molecule has 1 aliphatic rings. The molecule has 0 aliphatic heterocycles. The molecule has 0 saturated heterocycles. The topological polar surface area (TPSA) is 61.7 Å². The highest BCUT2D eigenvalue weighted by Crippen LogP contribution is 2.40. The lowest BCUT2D eigenvalue weighted by molar-refractivity contribution is 0.190. The van der Waals surface area contributed by atoms with Crippen LogP contribution in [0.2, 0.25) is 0 Å². The smallest absolute Gasteiger partial charge is 0.202 e. The Morgan fingerprint density at radius 3 is 2.74 bits per heavy atom. The van der Waals surface area contributed by atoms with E-state index in [0.717, 1.165) is 22.8 Å². The van der Waals surface area contributed by atoms with Gasteiger partial charge in [0.05, 0.1) is 5.69 Å². The van der Waals surface area contributed by atoms with Crippen LogP contribution >= 0.6 is 0 Å². The van der Waals surface area contributed by atoms with Crippen LogP contribution in [0.15, 0.2) is 0 Å². The Morgan fingerprint density at radius 1 is 1.26 bits per heavy atom. The van der Waals surface area contributed by atoms with E-state index >= 15 is 0 Å². The van der Waals surface area contributed by atoms with Gasteiger partial charge >= 0.3 is 0 Å². The first-order valence-corrected chi connectivity index (χ1v) is 7.17. The van der Waals surface area contributed by atoms with Crippen molar-refractivity contribution in [3.63, 3.8) is 0 Å². The van der Waals surface area contributed by atoms with Crippen LogP contribution < -0.4 is 5.73 Å². The molecule has 0 bridgehead atoms. The van der Waals surface area contributed by atoms with Crippen LogP contribution in [-0.2, 0) is 7.05 Å². The third-order valence-corrected chi connectivity index (χ3v) is 4.86. The highest BCUT2D eigenvalue weighted by Gasteiger charge is 2.31. The van der Waals surface area contributed by atoms with Crippen LogP contribution in [-0.4, -0.2) is 19.3 Å². The highest BCUT2D eigenvalue weighted by molar-refractivity contribution is 5.77. The van der Waals surface area contributed by atoms with Gasteiger partial charge < -0.3 is 5.73 Å². The Kier molecular flexibility index (Phi) is 2.80. The van der Waals surface area contributed by atoms with Gasteiger partial charge in [0.15, 0.2) is 5.65 Å². The molecule has 1 saturated carbocycles. The van der Waals surface area contributed by atoms with Gasteiger partial charge in [-0.3, -0.25) is 9.25 Å². The van der Waals surface area contributed by atoms with Gasteiger partial charge in [0.25, 0.3) is 0 Å². The van der Waals surface area contributed by atoms with Crippen molar-refractivity contribution in [2.24, 2.45) is 18.9 Å². The number of nitrogens with zero attached hydrogens (tertiary/aromatic N) is 4. The predicted molar refractivity (Wildman–Crippen MR) is 76.9 cm³/mol. The third-order valence-electron chi connectivity index (χ3n) is 4.86. The molecular weight excluding hydrogens is 238 g/mol. The van der Waals surface area contributed by atoms with E-state index in [1.165, 1.54) is 19.3 Å². The molecule has 2 heterocycles. The predicted octanol–water partition coefficient (Wildman–Crippen LogP) is 2.66. The van der Waals surface area contributed by atoms with Crippen molar-refractivity contribution < 1.29 is 0 Å². The minimum Gasteiger partial charge on any atom is -0.369 e. The van der Waals surface area contributed by atoms with E-state index in [-0.39, 0.29) is 0 Å². The summed E-state index contributed by atoms with van der Waals surface area (Å²) >= 11 is 0. The molecule has 2 aromatic heterocycles. The van der Waals surface area contributed by atoms with Crippen molar-refractivity contribution in [2.75, 3.05) is 5.73 Å². The molecular formula is C14H23N5. The monoisotopic (exact) mass is 261 g/mol. The molecule has 0 spiro atoms. The summed E-state index contributed by atoms with van der Waals surface area (Å²) in [5.41, 5.74) is 9.16. The Morgan fingerprint density at radius 2 is 2.00 bits per heavy atom. The summed E-state index contributed by atoms with van der Waals surface area (Å²) < 4.78 is 4.13. The van der Waals surface area contributed by atoms with Crippen LogP contribution in [0.1, 0.15) is 44.8 Å². The molecule has 5 nitrogen and oxygen atoms in total. The number of hydrogen-bond donors (Lipinski definition) is 1. The second-order valence-corrected chi connectivity index (χ2v) is 6.06. The first kappa shape index (κ1) is 12.5. The number of hydrogen-bond acceptors (Lipinski definition) is 3. The van der Waals surface area contributed by atoms with E-state index in [9.17, 15) is 0 Å². The van der Waals surface area contributed by atoms with Crippen LogP contribution in [0.3, 0.4) is 0 Å². The summed E-state index contributed by atoms with van der Waals surface area (Å²) in [5, 5.41) is 4.47. The minimum atomic E-state index is 0.448. The lowest BCUT2D eigenvalue weighted by Crippen LogP contribution is -2.28. The SMILES string of the molecule is Cc1nn(C)c2c1nc(N)n2C1CCCC(C)C1C. The summed E-state index contributed by atoms with van der Waals surface area (Å²) in [6.07, 6.45) is 3.78. The molecule has 2 aromatic rings. The molecule has 3 unspecified atom stereocenters. The summed E-state index contributed by atoms with van der Waals surface area (Å²) in [5.74, 6) is 2.01. The summed E-state index contributed by atoms with van der Waals surface area (Å²) in [6.45, 7) is 6.67. The van der Waals surface area contributed by atoms with Gasteiger partial charge in [-0.1, -0.05) is 26.7 Å². The fourth-order valence-corrected chi connectivity index (χ4v) is 3.56. The van der Waals surface area contributed by atoms with Crippen LogP contribution in [0.4, 0.5) is 5.95 Å². The Labute approximate surface area is 113 Å². The number of fused-ring (bicyclic) bond motifs is 1. The number of anilines is 1. The van der Waals surface area contributed by atoms with E-state index in [1.54, 1.807) is 0 Å². The van der Waals surface area contributed by atoms with Gasteiger partial charge in [0.2, 0.25) is 5.95 Å². The standard InChI is InChI=1S/C14H23N5/c1-8-6-5-7-11(9(8)2)19-13-12(16-14(19)15)10(3)17-18(13)4/h8-9,11H,5-7H2,1-4H3,(H2,15,16). The molecule has 0 radical (unpaired) electrons. The zero-order chi connectivity index (χ0) is 13.7. The molecule has 0 aromatic carbocycles. The van der Waals surface area contributed by atoms with E-state index in [4.69, 9.17) is 5.73 Å². The Balaban J connectivity index is 2.16. The van der Waals surface area contributed by atoms with Crippen molar-refractivity contribution >= 4 is 17.1 Å². The maximum Gasteiger partial charge on any atom is 0.202 e. The lowest BCUT2D eigenvalue weighted by atomic mass is 9.78. The van der Waals surface area contributed by atoms with Crippen LogP contribution in [0.25, 0.3) is 11.2 Å². The van der Waals surface area contributed by atoms with Crippen molar-refractivity contribution in [3.05, 3.63) is 5.69 Å². The molecule has 19 heavy (non-hydrogen) atoms. The van der Waals surface area contributed by atoms with E-state index < -0.39 is 0 Å². The van der Waals surface area contributed by atoms with Gasteiger partial charge in [-0.2, -0.15) is 5.10 Å². The largest absolute Gasteiger partial charge is 0.369 e. The number of aryl methyl sites for hydroxylation is 2. The first-order chi connectivity index (χ1) is 9.00. The average molecular weight is 261 g/mol. The fraction of sp³-hybridized carbons (Fsp3) is 0.714. The molecule has 3 rings (SSSR count). The van der Waals surface area contributed by atoms with Crippen molar-refractivity contribution in [1.82, 2.24) is 19.3 Å². The quantitative estimate of drug-likeness (QED) is 0.858. The van der Waals surface area contributed by atoms with Crippen molar-refractivity contribution in [1.29, 1.82) is 0 Å². The maximum atomic E-state index is 6.18. The molecule has 5 heteroatoms. The molecule has 2 N–H and O–H groups in total. The number of nitrogens with two attached hydrogens (primary N) is 1. The zero-order valence-corrected chi connectivity index (χ0v) is 12.2. The van der Waals surface area contributed by atoms with E-state index in [1.807, 2.05) is 18.7 Å². The van der Waals surface area contributed by atoms with Gasteiger partial charge in [0, 0.05) is 13.1 Å². The lowest BCUT2D eigenvalue weighted by Gasteiger charge is -2.35. The summed E-state index contributed by atoms with van der Waals surface area (Å²) in [7, 11) is 1.98. The molecule has 104 valence electrons.